The van der Waals surface area contributed by atoms with Crippen molar-refractivity contribution >= 4 is 21.8 Å². The molecule has 4 heteroatoms. The minimum atomic E-state index is -0.399. The van der Waals surface area contributed by atoms with Gasteiger partial charge in [0.25, 0.3) is 5.91 Å². The summed E-state index contributed by atoms with van der Waals surface area (Å²) in [6.07, 6.45) is 3.34. The van der Waals surface area contributed by atoms with Gasteiger partial charge in [0.15, 0.2) is 0 Å². The van der Waals surface area contributed by atoms with Crippen molar-refractivity contribution in [3.05, 3.63) is 11.1 Å². The fourth-order valence-electron chi connectivity index (χ4n) is 1.53. The van der Waals surface area contributed by atoms with Gasteiger partial charge in [-0.1, -0.05) is 19.4 Å². The molecule has 2 unspecified atom stereocenters. The highest BCUT2D eigenvalue weighted by Crippen LogP contribution is 2.18. The monoisotopic (exact) mass is 247 g/mol. The van der Waals surface area contributed by atoms with E-state index in [1.54, 1.807) is 0 Å². The van der Waals surface area contributed by atoms with Gasteiger partial charge in [-0.05, 0) is 28.8 Å². The molecule has 1 rings (SSSR count). The Bertz CT molecular complexity index is 218. The van der Waals surface area contributed by atoms with Crippen molar-refractivity contribution in [2.75, 3.05) is 0 Å². The van der Waals surface area contributed by atoms with E-state index >= 15 is 0 Å². The van der Waals surface area contributed by atoms with Gasteiger partial charge in [-0.15, -0.1) is 0 Å². The topological polar surface area (TPSA) is 49.3 Å². The SMILES string of the molecule is C=C(Br)C(=O)NC1CCCCC1O. The first-order valence-corrected chi connectivity index (χ1v) is 5.24. The van der Waals surface area contributed by atoms with Crippen molar-refractivity contribution in [2.45, 2.75) is 37.8 Å². The van der Waals surface area contributed by atoms with Gasteiger partial charge in [0, 0.05) is 0 Å². The summed E-state index contributed by atoms with van der Waals surface area (Å²) >= 11 is 3.00. The van der Waals surface area contributed by atoms with E-state index in [2.05, 4.69) is 27.8 Å². The van der Waals surface area contributed by atoms with Crippen LogP contribution in [-0.2, 0) is 4.79 Å². The van der Waals surface area contributed by atoms with Gasteiger partial charge < -0.3 is 10.4 Å². The predicted molar refractivity (Wildman–Crippen MR) is 54.5 cm³/mol. The molecule has 1 aliphatic carbocycles. The molecule has 2 N–H and O–H groups in total. The lowest BCUT2D eigenvalue weighted by molar-refractivity contribution is -0.118. The first-order chi connectivity index (χ1) is 6.11. The smallest absolute Gasteiger partial charge is 0.258 e. The molecule has 0 aliphatic heterocycles. The van der Waals surface area contributed by atoms with Crippen molar-refractivity contribution in [2.24, 2.45) is 0 Å². The number of rotatable bonds is 2. The lowest BCUT2D eigenvalue weighted by Crippen LogP contribution is -2.45. The molecule has 74 valence electrons. The lowest BCUT2D eigenvalue weighted by atomic mass is 9.92. The maximum Gasteiger partial charge on any atom is 0.258 e. The molecule has 3 nitrogen and oxygen atoms in total. The Balaban J connectivity index is 2.42. The minimum absolute atomic E-state index is 0.101. The number of aliphatic hydroxyl groups excluding tert-OH is 1. The third-order valence-electron chi connectivity index (χ3n) is 2.29. The highest BCUT2D eigenvalue weighted by atomic mass is 79.9. The van der Waals surface area contributed by atoms with Crippen LogP contribution >= 0.6 is 15.9 Å². The quantitative estimate of drug-likeness (QED) is 0.724. The number of nitrogens with one attached hydrogen (secondary N) is 1. The van der Waals surface area contributed by atoms with E-state index in [9.17, 15) is 9.90 Å². The van der Waals surface area contributed by atoms with Crippen molar-refractivity contribution < 1.29 is 9.90 Å². The molecule has 2 atom stereocenters. The second kappa shape index (κ2) is 4.77. The molecule has 0 bridgehead atoms. The van der Waals surface area contributed by atoms with Gasteiger partial charge in [0.05, 0.1) is 16.6 Å². The third-order valence-corrected chi connectivity index (χ3v) is 2.65. The Labute approximate surface area is 86.3 Å². The summed E-state index contributed by atoms with van der Waals surface area (Å²) < 4.78 is 0.310. The standard InChI is InChI=1S/C9H14BrNO2/c1-6(10)9(13)11-7-4-2-3-5-8(7)12/h7-8,12H,1-5H2,(H,11,13). The van der Waals surface area contributed by atoms with E-state index in [-0.39, 0.29) is 11.9 Å². The van der Waals surface area contributed by atoms with E-state index in [1.807, 2.05) is 0 Å². The van der Waals surface area contributed by atoms with Crippen molar-refractivity contribution in [3.8, 4) is 0 Å². The number of hydrogen-bond acceptors (Lipinski definition) is 2. The molecule has 0 radical (unpaired) electrons. The van der Waals surface area contributed by atoms with Crippen LogP contribution in [0.5, 0.6) is 0 Å². The van der Waals surface area contributed by atoms with Crippen LogP contribution in [0.1, 0.15) is 25.7 Å². The molecule has 0 spiro atoms. The molecule has 0 aromatic carbocycles. The maximum atomic E-state index is 11.2. The Morgan fingerprint density at radius 2 is 2.08 bits per heavy atom. The molecule has 1 amide bonds. The van der Waals surface area contributed by atoms with Crippen LogP contribution in [0.25, 0.3) is 0 Å². The normalized spacial score (nSPS) is 28.2. The summed E-state index contributed by atoms with van der Waals surface area (Å²) in [5.74, 6) is -0.231. The van der Waals surface area contributed by atoms with Crippen molar-refractivity contribution in [3.63, 3.8) is 0 Å². The van der Waals surface area contributed by atoms with E-state index in [4.69, 9.17) is 0 Å². The largest absolute Gasteiger partial charge is 0.391 e. The summed E-state index contributed by atoms with van der Waals surface area (Å²) in [5, 5.41) is 12.3. The van der Waals surface area contributed by atoms with Crippen LogP contribution in [0.3, 0.4) is 0 Å². The first kappa shape index (κ1) is 10.7. The molecule has 0 aromatic heterocycles. The summed E-state index contributed by atoms with van der Waals surface area (Å²) in [4.78, 5) is 11.2. The van der Waals surface area contributed by atoms with Crippen LogP contribution in [0.4, 0.5) is 0 Å². The number of aliphatic hydroxyl groups is 1. The van der Waals surface area contributed by atoms with E-state index in [0.717, 1.165) is 25.7 Å². The van der Waals surface area contributed by atoms with Gasteiger partial charge in [-0.2, -0.15) is 0 Å². The molecule has 1 aliphatic rings. The zero-order valence-electron chi connectivity index (χ0n) is 7.42. The molecule has 0 aromatic rings. The maximum absolute atomic E-state index is 11.2. The second-order valence-corrected chi connectivity index (χ2v) is 4.29. The van der Waals surface area contributed by atoms with E-state index in [0.29, 0.717) is 4.48 Å². The molecular formula is C9H14BrNO2. The Hall–Kier alpha value is -0.350. The number of halogens is 1. The summed E-state index contributed by atoms with van der Waals surface area (Å²) in [7, 11) is 0. The average molecular weight is 248 g/mol. The van der Waals surface area contributed by atoms with Crippen molar-refractivity contribution in [1.82, 2.24) is 5.32 Å². The van der Waals surface area contributed by atoms with Crippen LogP contribution in [-0.4, -0.2) is 23.2 Å². The number of amides is 1. The molecule has 1 saturated carbocycles. The Kier molecular flexibility index (Phi) is 3.93. The van der Waals surface area contributed by atoms with Crippen LogP contribution in [0.2, 0.25) is 0 Å². The van der Waals surface area contributed by atoms with E-state index in [1.165, 1.54) is 0 Å². The number of carbonyl (C=O) groups excluding carboxylic acids is 1. The zero-order valence-corrected chi connectivity index (χ0v) is 9.01. The molecular weight excluding hydrogens is 234 g/mol. The molecule has 0 saturated heterocycles. The third kappa shape index (κ3) is 3.12. The van der Waals surface area contributed by atoms with Gasteiger partial charge >= 0.3 is 0 Å². The average Bonchev–Trinajstić information content (AvgIpc) is 2.08. The summed E-state index contributed by atoms with van der Waals surface area (Å²) in [5.41, 5.74) is 0. The van der Waals surface area contributed by atoms with Crippen LogP contribution in [0, 0.1) is 0 Å². The minimum Gasteiger partial charge on any atom is -0.391 e. The molecule has 0 heterocycles. The summed E-state index contributed by atoms with van der Waals surface area (Å²) in [6, 6.07) is -0.101. The first-order valence-electron chi connectivity index (χ1n) is 4.44. The Morgan fingerprint density at radius 3 is 2.62 bits per heavy atom. The lowest BCUT2D eigenvalue weighted by Gasteiger charge is -2.28. The zero-order chi connectivity index (χ0) is 9.84. The van der Waals surface area contributed by atoms with Crippen LogP contribution in [0.15, 0.2) is 11.1 Å². The highest BCUT2D eigenvalue weighted by Gasteiger charge is 2.24. The van der Waals surface area contributed by atoms with Gasteiger partial charge in [0.2, 0.25) is 0 Å². The number of carbonyl (C=O) groups is 1. The van der Waals surface area contributed by atoms with E-state index < -0.39 is 6.10 Å². The molecule has 1 fully saturated rings. The van der Waals surface area contributed by atoms with Crippen molar-refractivity contribution in [1.29, 1.82) is 0 Å². The van der Waals surface area contributed by atoms with Gasteiger partial charge in [-0.3, -0.25) is 4.79 Å². The summed E-state index contributed by atoms with van der Waals surface area (Å²) in [6.45, 7) is 3.47. The van der Waals surface area contributed by atoms with Gasteiger partial charge in [-0.25, -0.2) is 0 Å². The fraction of sp³-hybridized carbons (Fsp3) is 0.667. The highest BCUT2D eigenvalue weighted by molar-refractivity contribution is 9.12. The van der Waals surface area contributed by atoms with Crippen LogP contribution < -0.4 is 5.32 Å². The predicted octanol–water partition coefficient (Wildman–Crippen LogP) is 1.31. The second-order valence-electron chi connectivity index (χ2n) is 3.34. The Morgan fingerprint density at radius 1 is 1.46 bits per heavy atom. The van der Waals surface area contributed by atoms with Gasteiger partial charge in [0.1, 0.15) is 0 Å². The number of hydrogen-bond donors (Lipinski definition) is 2. The molecule has 13 heavy (non-hydrogen) atoms. The fourth-order valence-corrected chi connectivity index (χ4v) is 1.64.